The lowest BCUT2D eigenvalue weighted by Crippen LogP contribution is -2.32. The van der Waals surface area contributed by atoms with Crippen LogP contribution in [-0.2, 0) is 12.8 Å². The van der Waals surface area contributed by atoms with Gasteiger partial charge in [0, 0.05) is 43.6 Å². The number of rotatable bonds is 7. The van der Waals surface area contributed by atoms with Gasteiger partial charge in [-0.15, -0.1) is 11.3 Å². The van der Waals surface area contributed by atoms with Crippen molar-refractivity contribution >= 4 is 23.2 Å². The molecular formula is C15H18N2O4S. The van der Waals surface area contributed by atoms with Gasteiger partial charge in [0.25, 0.3) is 5.91 Å². The molecule has 0 saturated heterocycles. The molecular weight excluding hydrogens is 304 g/mol. The van der Waals surface area contributed by atoms with E-state index in [9.17, 15) is 9.59 Å². The lowest BCUT2D eigenvalue weighted by molar-refractivity contribution is 0.0691. The highest BCUT2D eigenvalue weighted by molar-refractivity contribution is 7.09. The molecule has 6 nitrogen and oxygen atoms in total. The predicted molar refractivity (Wildman–Crippen MR) is 82.4 cm³/mol. The lowest BCUT2D eigenvalue weighted by Gasteiger charge is -2.18. The van der Waals surface area contributed by atoms with Crippen molar-refractivity contribution in [2.75, 3.05) is 13.1 Å². The molecule has 0 aliphatic heterocycles. The van der Waals surface area contributed by atoms with Gasteiger partial charge in [-0.3, -0.25) is 4.79 Å². The van der Waals surface area contributed by atoms with E-state index in [0.717, 1.165) is 5.01 Å². The van der Waals surface area contributed by atoms with E-state index in [-0.39, 0.29) is 17.2 Å². The molecule has 0 aromatic carbocycles. The van der Waals surface area contributed by atoms with Crippen LogP contribution < -0.4 is 0 Å². The van der Waals surface area contributed by atoms with Gasteiger partial charge in [-0.05, 0) is 6.92 Å². The third kappa shape index (κ3) is 3.54. The molecule has 22 heavy (non-hydrogen) atoms. The molecule has 2 aromatic rings. The number of aryl methyl sites for hydroxylation is 1. The van der Waals surface area contributed by atoms with E-state index in [0.29, 0.717) is 31.7 Å². The molecule has 0 bridgehead atoms. The number of carbonyl (C=O) groups is 2. The van der Waals surface area contributed by atoms with Crippen LogP contribution >= 0.6 is 11.3 Å². The van der Waals surface area contributed by atoms with E-state index in [1.165, 1.54) is 6.07 Å². The van der Waals surface area contributed by atoms with Gasteiger partial charge in [0.15, 0.2) is 5.76 Å². The zero-order valence-electron chi connectivity index (χ0n) is 12.5. The fraction of sp³-hybridized carbons (Fsp3) is 0.400. The number of hydrogen-bond acceptors (Lipinski definition) is 5. The summed E-state index contributed by atoms with van der Waals surface area (Å²) in [6.07, 6.45) is 2.84. The van der Waals surface area contributed by atoms with E-state index < -0.39 is 5.97 Å². The van der Waals surface area contributed by atoms with Crippen molar-refractivity contribution in [1.82, 2.24) is 9.88 Å². The first-order valence-corrected chi connectivity index (χ1v) is 7.98. The van der Waals surface area contributed by atoms with Crippen molar-refractivity contribution in [3.8, 4) is 0 Å². The van der Waals surface area contributed by atoms with Crippen molar-refractivity contribution in [2.45, 2.75) is 26.7 Å². The number of aromatic nitrogens is 1. The van der Waals surface area contributed by atoms with Gasteiger partial charge in [-0.1, -0.05) is 6.92 Å². The molecule has 0 unspecified atom stereocenters. The minimum Gasteiger partial charge on any atom is -0.478 e. The molecule has 2 rings (SSSR count). The highest BCUT2D eigenvalue weighted by Crippen LogP contribution is 2.18. The number of nitrogens with zero attached hydrogens (tertiary/aromatic N) is 2. The maximum absolute atomic E-state index is 12.5. The molecule has 2 aromatic heterocycles. The number of hydrogen-bond donors (Lipinski definition) is 1. The van der Waals surface area contributed by atoms with E-state index in [2.05, 4.69) is 4.98 Å². The molecule has 1 amide bonds. The van der Waals surface area contributed by atoms with E-state index in [4.69, 9.17) is 9.52 Å². The van der Waals surface area contributed by atoms with E-state index >= 15 is 0 Å². The van der Waals surface area contributed by atoms with Gasteiger partial charge in [-0.2, -0.15) is 0 Å². The smallest absolute Gasteiger partial charge is 0.339 e. The fourth-order valence-electron chi connectivity index (χ4n) is 2.14. The third-order valence-corrected chi connectivity index (χ3v) is 4.16. The number of carbonyl (C=O) groups excluding carboxylic acids is 1. The summed E-state index contributed by atoms with van der Waals surface area (Å²) >= 11 is 1.55. The Kier molecular flexibility index (Phi) is 5.32. The Morgan fingerprint density at radius 2 is 2.18 bits per heavy atom. The SMILES string of the molecule is CCc1oc(C(=O)N(CC)CCc2nccs2)cc1C(=O)O. The van der Waals surface area contributed by atoms with Gasteiger partial charge < -0.3 is 14.4 Å². The summed E-state index contributed by atoms with van der Waals surface area (Å²) in [6.45, 7) is 4.71. The molecule has 0 aliphatic rings. The summed E-state index contributed by atoms with van der Waals surface area (Å²) in [5, 5.41) is 12.0. The number of likely N-dealkylation sites (N-methyl/N-ethyl adjacent to an activating group) is 1. The first-order valence-electron chi connectivity index (χ1n) is 7.10. The summed E-state index contributed by atoms with van der Waals surface area (Å²) < 4.78 is 5.42. The van der Waals surface area contributed by atoms with Gasteiger partial charge >= 0.3 is 5.97 Å². The van der Waals surface area contributed by atoms with Gasteiger partial charge in [0.2, 0.25) is 0 Å². The third-order valence-electron chi connectivity index (χ3n) is 3.32. The van der Waals surface area contributed by atoms with Crippen LogP contribution in [-0.4, -0.2) is 40.0 Å². The van der Waals surface area contributed by atoms with Gasteiger partial charge in [0.05, 0.1) is 5.01 Å². The van der Waals surface area contributed by atoms with Crippen molar-refractivity contribution < 1.29 is 19.1 Å². The van der Waals surface area contributed by atoms with Crippen molar-refractivity contribution in [1.29, 1.82) is 0 Å². The van der Waals surface area contributed by atoms with Crippen molar-refractivity contribution in [3.05, 3.63) is 39.7 Å². The number of carboxylic acid groups (broad SMARTS) is 1. The molecule has 2 heterocycles. The van der Waals surface area contributed by atoms with Crippen LogP contribution in [0.4, 0.5) is 0 Å². The van der Waals surface area contributed by atoms with Crippen molar-refractivity contribution in [3.63, 3.8) is 0 Å². The van der Waals surface area contributed by atoms with Crippen LogP contribution in [0.15, 0.2) is 22.1 Å². The van der Waals surface area contributed by atoms with E-state index in [1.54, 1.807) is 29.4 Å². The zero-order valence-corrected chi connectivity index (χ0v) is 13.4. The Bertz CT molecular complexity index is 649. The number of aromatic carboxylic acids is 1. The van der Waals surface area contributed by atoms with Crippen LogP contribution in [0.3, 0.4) is 0 Å². The maximum Gasteiger partial charge on any atom is 0.339 e. The summed E-state index contributed by atoms with van der Waals surface area (Å²) in [4.78, 5) is 29.4. The second-order valence-electron chi connectivity index (χ2n) is 4.67. The predicted octanol–water partition coefficient (Wildman–Crippen LogP) is 2.70. The standard InChI is InChI=1S/C15H18N2O4S/c1-3-11-10(15(19)20)9-12(21-11)14(18)17(4-2)7-5-13-16-6-8-22-13/h6,8-9H,3-5,7H2,1-2H3,(H,19,20). The maximum atomic E-state index is 12.5. The second-order valence-corrected chi connectivity index (χ2v) is 5.65. The number of thiazole rings is 1. The average Bonchev–Trinajstić information content (AvgIpc) is 3.16. The van der Waals surface area contributed by atoms with Crippen LogP contribution in [0.2, 0.25) is 0 Å². The minimum atomic E-state index is -1.08. The quantitative estimate of drug-likeness (QED) is 0.847. The molecule has 0 atom stereocenters. The summed E-state index contributed by atoms with van der Waals surface area (Å²) in [5.41, 5.74) is 0.0572. The average molecular weight is 322 g/mol. The molecule has 118 valence electrons. The Hall–Kier alpha value is -2.15. The lowest BCUT2D eigenvalue weighted by atomic mass is 10.2. The molecule has 0 radical (unpaired) electrons. The van der Waals surface area contributed by atoms with Gasteiger partial charge in [0.1, 0.15) is 11.3 Å². The molecule has 0 aliphatic carbocycles. The molecule has 0 saturated carbocycles. The van der Waals surface area contributed by atoms with E-state index in [1.807, 2.05) is 12.3 Å². The monoisotopic (exact) mass is 322 g/mol. The molecule has 0 fully saturated rings. The topological polar surface area (TPSA) is 83.6 Å². The Labute approximate surface area is 132 Å². The fourth-order valence-corrected chi connectivity index (χ4v) is 2.75. The summed E-state index contributed by atoms with van der Waals surface area (Å²) in [5.74, 6) is -0.964. The number of amides is 1. The molecule has 1 N–H and O–H groups in total. The second kappa shape index (κ2) is 7.22. The Morgan fingerprint density at radius 1 is 1.41 bits per heavy atom. The highest BCUT2D eigenvalue weighted by Gasteiger charge is 2.23. The van der Waals surface area contributed by atoms with Crippen molar-refractivity contribution in [2.24, 2.45) is 0 Å². The molecule has 0 spiro atoms. The first-order chi connectivity index (χ1) is 10.6. The number of furan rings is 1. The van der Waals surface area contributed by atoms with Crippen LogP contribution in [0.5, 0.6) is 0 Å². The summed E-state index contributed by atoms with van der Waals surface area (Å²) in [6, 6.07) is 1.32. The Morgan fingerprint density at radius 3 is 2.68 bits per heavy atom. The van der Waals surface area contributed by atoms with Crippen LogP contribution in [0.1, 0.15) is 45.5 Å². The minimum absolute atomic E-state index is 0.0572. The largest absolute Gasteiger partial charge is 0.478 e. The van der Waals surface area contributed by atoms with Gasteiger partial charge in [-0.25, -0.2) is 9.78 Å². The van der Waals surface area contributed by atoms with Crippen LogP contribution in [0, 0.1) is 0 Å². The Balaban J connectivity index is 2.12. The van der Waals surface area contributed by atoms with Crippen LogP contribution in [0.25, 0.3) is 0 Å². The normalized spacial score (nSPS) is 10.6. The summed E-state index contributed by atoms with van der Waals surface area (Å²) in [7, 11) is 0. The molecule has 7 heteroatoms. The highest BCUT2D eigenvalue weighted by atomic mass is 32.1. The zero-order chi connectivity index (χ0) is 16.1. The number of carboxylic acids is 1. The first kappa shape index (κ1) is 16.2.